The first-order valence-corrected chi connectivity index (χ1v) is 7.83. The summed E-state index contributed by atoms with van der Waals surface area (Å²) in [5.74, 6) is 0.790. The largest absolute Gasteiger partial charge is 0.463 e. The van der Waals surface area contributed by atoms with Gasteiger partial charge in [-0.05, 0) is 23.8 Å². The van der Waals surface area contributed by atoms with Crippen LogP contribution in [-0.4, -0.2) is 11.5 Å². The average Bonchev–Trinajstić information content (AvgIpc) is 3.02. The predicted octanol–water partition coefficient (Wildman–Crippen LogP) is 3.75. The zero-order chi connectivity index (χ0) is 16.1. The van der Waals surface area contributed by atoms with E-state index >= 15 is 0 Å². The number of benzene rings is 2. The monoisotopic (exact) mass is 311 g/mol. The quantitative estimate of drug-likeness (QED) is 0.687. The number of hydrogen-bond acceptors (Lipinski definition) is 4. The van der Waals surface area contributed by atoms with E-state index in [2.05, 4.69) is 22.4 Å². The lowest BCUT2D eigenvalue weighted by Gasteiger charge is -2.33. The molecule has 2 aliphatic heterocycles. The summed E-state index contributed by atoms with van der Waals surface area (Å²) in [6, 6.07) is 18.4. The molecule has 0 saturated heterocycles. The molecule has 2 aliphatic rings. The highest BCUT2D eigenvalue weighted by molar-refractivity contribution is 5.89. The molecule has 0 saturated carbocycles. The number of nitrogens with one attached hydrogen (secondary N) is 1. The standard InChI is InChI=1S/C20H13N3O/c21-9-13-11-24-19-14-5-1-3-7-17(14)22-10-16(19)20(13)12-23-18-8-4-2-6-15(18)20/h1-8,10-11,23H,12H2. The number of ether oxygens (including phenoxy) is 1. The Morgan fingerprint density at radius 3 is 2.83 bits per heavy atom. The van der Waals surface area contributed by atoms with Crippen molar-refractivity contribution >= 4 is 16.6 Å². The summed E-state index contributed by atoms with van der Waals surface area (Å²) in [6.45, 7) is 0.627. The average molecular weight is 311 g/mol. The summed E-state index contributed by atoms with van der Waals surface area (Å²) in [6.07, 6.45) is 3.45. The second-order valence-electron chi connectivity index (χ2n) is 6.08. The summed E-state index contributed by atoms with van der Waals surface area (Å²) in [5, 5.41) is 14.1. The van der Waals surface area contributed by atoms with Gasteiger partial charge in [-0.3, -0.25) is 4.98 Å². The third-order valence-corrected chi connectivity index (χ3v) is 4.99. The van der Waals surface area contributed by atoms with Crippen molar-refractivity contribution in [1.82, 2.24) is 4.98 Å². The van der Waals surface area contributed by atoms with Gasteiger partial charge >= 0.3 is 0 Å². The third kappa shape index (κ3) is 1.49. The van der Waals surface area contributed by atoms with Gasteiger partial charge in [-0.15, -0.1) is 0 Å². The molecule has 4 nitrogen and oxygen atoms in total. The molecule has 3 heterocycles. The normalized spacial score (nSPS) is 20.5. The number of nitriles is 1. The van der Waals surface area contributed by atoms with Crippen LogP contribution < -0.4 is 10.1 Å². The van der Waals surface area contributed by atoms with E-state index in [0.717, 1.165) is 33.5 Å². The molecule has 0 radical (unpaired) electrons. The lowest BCUT2D eigenvalue weighted by molar-refractivity contribution is 0.434. The highest BCUT2D eigenvalue weighted by atomic mass is 16.5. The molecule has 0 fully saturated rings. The van der Waals surface area contributed by atoms with E-state index < -0.39 is 5.41 Å². The van der Waals surface area contributed by atoms with Crippen LogP contribution in [0, 0.1) is 11.3 Å². The Labute approximate surface area is 139 Å². The van der Waals surface area contributed by atoms with Crippen LogP contribution in [0.25, 0.3) is 10.9 Å². The Kier molecular flexibility index (Phi) is 2.51. The summed E-state index contributed by atoms with van der Waals surface area (Å²) in [4.78, 5) is 4.61. The highest BCUT2D eigenvalue weighted by Gasteiger charge is 2.48. The Balaban J connectivity index is 1.89. The van der Waals surface area contributed by atoms with Crippen molar-refractivity contribution in [3.8, 4) is 11.8 Å². The van der Waals surface area contributed by atoms with Crippen LogP contribution >= 0.6 is 0 Å². The van der Waals surface area contributed by atoms with Gasteiger partial charge in [0.2, 0.25) is 0 Å². The van der Waals surface area contributed by atoms with Gasteiger partial charge in [0.1, 0.15) is 12.0 Å². The number of anilines is 1. The van der Waals surface area contributed by atoms with Gasteiger partial charge in [-0.25, -0.2) is 0 Å². The molecular weight excluding hydrogens is 298 g/mol. The molecule has 1 aromatic heterocycles. The first-order valence-electron chi connectivity index (χ1n) is 7.83. The molecule has 1 atom stereocenters. The number of aromatic nitrogens is 1. The van der Waals surface area contributed by atoms with Gasteiger partial charge in [0, 0.05) is 29.4 Å². The van der Waals surface area contributed by atoms with Crippen LogP contribution in [0.5, 0.6) is 5.75 Å². The second kappa shape index (κ2) is 4.59. The Morgan fingerprint density at radius 1 is 1.08 bits per heavy atom. The van der Waals surface area contributed by atoms with E-state index in [4.69, 9.17) is 4.74 Å². The molecule has 1 unspecified atom stereocenters. The molecule has 3 aromatic rings. The minimum Gasteiger partial charge on any atom is -0.463 e. The number of fused-ring (bicyclic) bond motifs is 6. The first kappa shape index (κ1) is 13.1. The van der Waals surface area contributed by atoms with Crippen molar-refractivity contribution < 1.29 is 4.74 Å². The van der Waals surface area contributed by atoms with Crippen molar-refractivity contribution in [1.29, 1.82) is 5.26 Å². The summed E-state index contributed by atoms with van der Waals surface area (Å²) in [7, 11) is 0. The van der Waals surface area contributed by atoms with Crippen molar-refractivity contribution in [3.63, 3.8) is 0 Å². The van der Waals surface area contributed by atoms with E-state index in [0.29, 0.717) is 12.1 Å². The predicted molar refractivity (Wildman–Crippen MR) is 91.8 cm³/mol. The number of pyridine rings is 1. The first-order chi connectivity index (χ1) is 11.8. The molecule has 0 aliphatic carbocycles. The maximum absolute atomic E-state index is 9.73. The van der Waals surface area contributed by atoms with E-state index in [1.54, 1.807) is 6.26 Å². The Bertz CT molecular complexity index is 1060. The van der Waals surface area contributed by atoms with Crippen LogP contribution in [0.3, 0.4) is 0 Å². The van der Waals surface area contributed by atoms with E-state index in [-0.39, 0.29) is 0 Å². The lowest BCUT2D eigenvalue weighted by atomic mass is 9.70. The van der Waals surface area contributed by atoms with E-state index in [1.807, 2.05) is 48.7 Å². The van der Waals surface area contributed by atoms with Crippen LogP contribution in [-0.2, 0) is 5.41 Å². The number of rotatable bonds is 0. The van der Waals surface area contributed by atoms with Gasteiger partial charge in [0.25, 0.3) is 0 Å². The molecule has 0 bridgehead atoms. The van der Waals surface area contributed by atoms with Gasteiger partial charge in [-0.2, -0.15) is 5.26 Å². The Morgan fingerprint density at radius 2 is 1.92 bits per heavy atom. The minimum absolute atomic E-state index is 0.546. The maximum Gasteiger partial charge on any atom is 0.142 e. The summed E-state index contributed by atoms with van der Waals surface area (Å²) >= 11 is 0. The number of para-hydroxylation sites is 2. The molecule has 4 heteroatoms. The lowest BCUT2D eigenvalue weighted by Crippen LogP contribution is -2.35. The zero-order valence-corrected chi connectivity index (χ0v) is 12.8. The Hall–Kier alpha value is -3.32. The fourth-order valence-electron chi connectivity index (χ4n) is 3.85. The molecule has 114 valence electrons. The van der Waals surface area contributed by atoms with Crippen LogP contribution in [0.15, 0.2) is 66.6 Å². The highest BCUT2D eigenvalue weighted by Crippen LogP contribution is 2.52. The molecule has 2 aromatic carbocycles. The molecule has 24 heavy (non-hydrogen) atoms. The zero-order valence-electron chi connectivity index (χ0n) is 12.8. The second-order valence-corrected chi connectivity index (χ2v) is 6.08. The van der Waals surface area contributed by atoms with Crippen LogP contribution in [0.2, 0.25) is 0 Å². The SMILES string of the molecule is N#CC1=COc2c(cnc3ccccc23)C12CNc1ccccc12. The molecule has 1 N–H and O–H groups in total. The molecular formula is C20H13N3O. The van der Waals surface area contributed by atoms with Gasteiger partial charge < -0.3 is 10.1 Å². The van der Waals surface area contributed by atoms with Gasteiger partial charge in [-0.1, -0.05) is 30.3 Å². The summed E-state index contributed by atoms with van der Waals surface area (Å²) in [5.41, 5.74) is 4.04. The van der Waals surface area contributed by atoms with Crippen molar-refractivity contribution in [2.24, 2.45) is 0 Å². The fraction of sp³-hybridized carbons (Fsp3) is 0.100. The van der Waals surface area contributed by atoms with Crippen molar-refractivity contribution in [3.05, 3.63) is 77.7 Å². The third-order valence-electron chi connectivity index (χ3n) is 4.99. The maximum atomic E-state index is 9.73. The number of hydrogen-bond donors (Lipinski definition) is 1. The van der Waals surface area contributed by atoms with E-state index in [1.165, 1.54) is 0 Å². The summed E-state index contributed by atoms with van der Waals surface area (Å²) < 4.78 is 5.89. The molecule has 5 rings (SSSR count). The fourth-order valence-corrected chi connectivity index (χ4v) is 3.85. The molecule has 0 amide bonds. The van der Waals surface area contributed by atoms with Gasteiger partial charge in [0.15, 0.2) is 0 Å². The van der Waals surface area contributed by atoms with E-state index in [9.17, 15) is 5.26 Å². The van der Waals surface area contributed by atoms with Crippen LogP contribution in [0.4, 0.5) is 5.69 Å². The van der Waals surface area contributed by atoms with Gasteiger partial charge in [0.05, 0.1) is 22.6 Å². The number of nitrogens with zero attached hydrogens (tertiary/aromatic N) is 2. The smallest absolute Gasteiger partial charge is 0.142 e. The minimum atomic E-state index is -0.546. The topological polar surface area (TPSA) is 57.9 Å². The van der Waals surface area contributed by atoms with Crippen molar-refractivity contribution in [2.45, 2.75) is 5.41 Å². The molecule has 1 spiro atoms. The van der Waals surface area contributed by atoms with Crippen LogP contribution in [0.1, 0.15) is 11.1 Å². The van der Waals surface area contributed by atoms with Crippen molar-refractivity contribution in [2.75, 3.05) is 11.9 Å².